The zero-order valence-corrected chi connectivity index (χ0v) is 17.2. The van der Waals surface area contributed by atoms with Gasteiger partial charge in [-0.2, -0.15) is 0 Å². The quantitative estimate of drug-likeness (QED) is 0.515. The zero-order chi connectivity index (χ0) is 21.7. The van der Waals surface area contributed by atoms with Crippen molar-refractivity contribution < 1.29 is 23.9 Å². The number of amides is 3. The van der Waals surface area contributed by atoms with E-state index in [1.165, 1.54) is 0 Å². The van der Waals surface area contributed by atoms with E-state index in [1.807, 2.05) is 13.0 Å². The van der Waals surface area contributed by atoms with Crippen LogP contribution >= 0.6 is 11.6 Å². The van der Waals surface area contributed by atoms with Crippen LogP contribution in [0, 0.1) is 6.92 Å². The minimum Gasteiger partial charge on any atom is -0.456 e. The van der Waals surface area contributed by atoms with Gasteiger partial charge in [-0.3, -0.25) is 24.1 Å². The molecule has 1 heterocycles. The molecule has 0 bridgehead atoms. The van der Waals surface area contributed by atoms with Crippen LogP contribution in [0.25, 0.3) is 0 Å². The van der Waals surface area contributed by atoms with Crippen LogP contribution in [0.15, 0.2) is 42.5 Å². The van der Waals surface area contributed by atoms with E-state index in [0.717, 1.165) is 16.0 Å². The molecular formula is C22H21ClN2O5. The standard InChI is InChI=1S/C22H21ClN2O5/c1-14-8-9-16-17(11-14)22(29)25(21(16)28)10-4-7-20(27)30-13-19(26)24-12-15-5-2-3-6-18(15)23/h2-3,5-6,8-9,11H,4,7,10,12-13H2,1H3,(H,24,26). The highest BCUT2D eigenvalue weighted by atomic mass is 35.5. The molecule has 30 heavy (non-hydrogen) atoms. The SMILES string of the molecule is Cc1ccc2c(c1)C(=O)N(CCCC(=O)OCC(=O)NCc1ccccc1Cl)C2=O. The van der Waals surface area contributed by atoms with Crippen molar-refractivity contribution in [1.82, 2.24) is 10.2 Å². The van der Waals surface area contributed by atoms with Gasteiger partial charge in [-0.15, -0.1) is 0 Å². The number of benzene rings is 2. The van der Waals surface area contributed by atoms with Crippen molar-refractivity contribution in [3.05, 3.63) is 69.7 Å². The van der Waals surface area contributed by atoms with Crippen LogP contribution in [-0.4, -0.2) is 41.7 Å². The average molecular weight is 429 g/mol. The molecule has 1 N–H and O–H groups in total. The number of fused-ring (bicyclic) bond motifs is 1. The summed E-state index contributed by atoms with van der Waals surface area (Å²) in [5.74, 6) is -1.73. The Morgan fingerprint density at radius 3 is 2.57 bits per heavy atom. The second-order valence-electron chi connectivity index (χ2n) is 6.94. The van der Waals surface area contributed by atoms with Crippen LogP contribution in [0.3, 0.4) is 0 Å². The van der Waals surface area contributed by atoms with E-state index in [0.29, 0.717) is 16.1 Å². The molecule has 2 aromatic carbocycles. The Hall–Kier alpha value is -3.19. The molecule has 0 fully saturated rings. The third-order valence-corrected chi connectivity index (χ3v) is 5.06. The number of halogens is 1. The molecule has 0 saturated carbocycles. The topological polar surface area (TPSA) is 92.8 Å². The smallest absolute Gasteiger partial charge is 0.306 e. The third kappa shape index (κ3) is 5.04. The molecule has 0 radical (unpaired) electrons. The van der Waals surface area contributed by atoms with Gasteiger partial charge >= 0.3 is 5.97 Å². The highest BCUT2D eigenvalue weighted by molar-refractivity contribution is 6.31. The van der Waals surface area contributed by atoms with Gasteiger partial charge in [0, 0.05) is 24.5 Å². The number of imide groups is 1. The Kier molecular flexibility index (Phi) is 6.84. The molecule has 3 amide bonds. The summed E-state index contributed by atoms with van der Waals surface area (Å²) in [4.78, 5) is 49.6. The van der Waals surface area contributed by atoms with E-state index in [2.05, 4.69) is 5.32 Å². The van der Waals surface area contributed by atoms with Gasteiger partial charge in [0.1, 0.15) is 0 Å². The summed E-state index contributed by atoms with van der Waals surface area (Å²) in [6.07, 6.45) is 0.245. The second kappa shape index (κ2) is 9.54. The predicted octanol–water partition coefficient (Wildman–Crippen LogP) is 2.88. The number of carbonyl (C=O) groups is 4. The van der Waals surface area contributed by atoms with Gasteiger partial charge in [-0.05, 0) is 37.1 Å². The monoisotopic (exact) mass is 428 g/mol. The Morgan fingerprint density at radius 2 is 1.80 bits per heavy atom. The van der Waals surface area contributed by atoms with Gasteiger partial charge in [-0.25, -0.2) is 0 Å². The van der Waals surface area contributed by atoms with Crippen LogP contribution in [0.4, 0.5) is 0 Å². The fourth-order valence-corrected chi connectivity index (χ4v) is 3.30. The summed E-state index contributed by atoms with van der Waals surface area (Å²) < 4.78 is 4.95. The first kappa shape index (κ1) is 21.5. The predicted molar refractivity (Wildman–Crippen MR) is 110 cm³/mol. The Morgan fingerprint density at radius 1 is 1.07 bits per heavy atom. The lowest BCUT2D eigenvalue weighted by Crippen LogP contribution is -2.31. The van der Waals surface area contributed by atoms with Crippen LogP contribution in [0.2, 0.25) is 5.02 Å². The summed E-state index contributed by atoms with van der Waals surface area (Å²) in [7, 11) is 0. The number of aryl methyl sites for hydroxylation is 1. The van der Waals surface area contributed by atoms with Gasteiger partial charge in [0.25, 0.3) is 17.7 Å². The van der Waals surface area contributed by atoms with Crippen LogP contribution < -0.4 is 5.32 Å². The van der Waals surface area contributed by atoms with Crippen molar-refractivity contribution in [1.29, 1.82) is 0 Å². The molecule has 0 unspecified atom stereocenters. The summed E-state index contributed by atoms with van der Waals surface area (Å²) >= 11 is 6.02. The zero-order valence-electron chi connectivity index (χ0n) is 16.4. The average Bonchev–Trinajstić information content (AvgIpc) is 2.96. The molecule has 0 saturated heterocycles. The van der Waals surface area contributed by atoms with E-state index in [-0.39, 0.29) is 37.7 Å². The molecule has 7 nitrogen and oxygen atoms in total. The van der Waals surface area contributed by atoms with Crippen LogP contribution in [0.5, 0.6) is 0 Å². The fourth-order valence-electron chi connectivity index (χ4n) is 3.09. The molecule has 1 aliphatic heterocycles. The van der Waals surface area contributed by atoms with E-state index in [4.69, 9.17) is 16.3 Å². The molecule has 8 heteroatoms. The van der Waals surface area contributed by atoms with Crippen molar-refractivity contribution in [2.75, 3.05) is 13.2 Å². The van der Waals surface area contributed by atoms with Gasteiger partial charge in [0.15, 0.2) is 6.61 Å². The van der Waals surface area contributed by atoms with Crippen molar-refractivity contribution in [3.63, 3.8) is 0 Å². The number of carbonyl (C=O) groups excluding carboxylic acids is 4. The molecule has 0 aliphatic carbocycles. The molecule has 2 aromatic rings. The lowest BCUT2D eigenvalue weighted by molar-refractivity contribution is -0.148. The molecular weight excluding hydrogens is 408 g/mol. The van der Waals surface area contributed by atoms with Crippen molar-refractivity contribution in [2.24, 2.45) is 0 Å². The maximum atomic E-state index is 12.4. The van der Waals surface area contributed by atoms with E-state index >= 15 is 0 Å². The number of nitrogens with zero attached hydrogens (tertiary/aromatic N) is 1. The van der Waals surface area contributed by atoms with Gasteiger partial charge in [0.2, 0.25) is 0 Å². The van der Waals surface area contributed by atoms with E-state index in [9.17, 15) is 19.2 Å². The number of nitrogens with one attached hydrogen (secondary N) is 1. The van der Waals surface area contributed by atoms with Crippen LogP contribution in [0.1, 0.15) is 44.7 Å². The number of esters is 1. The van der Waals surface area contributed by atoms with Gasteiger partial charge < -0.3 is 10.1 Å². The largest absolute Gasteiger partial charge is 0.456 e. The highest BCUT2D eigenvalue weighted by Gasteiger charge is 2.35. The van der Waals surface area contributed by atoms with Crippen molar-refractivity contribution >= 4 is 35.3 Å². The lowest BCUT2D eigenvalue weighted by Gasteiger charge is -2.13. The molecule has 0 atom stereocenters. The fraction of sp³-hybridized carbons (Fsp3) is 0.273. The molecule has 0 aromatic heterocycles. The Labute approximate surface area is 179 Å². The van der Waals surface area contributed by atoms with Crippen molar-refractivity contribution in [2.45, 2.75) is 26.3 Å². The van der Waals surface area contributed by atoms with Gasteiger partial charge in [-0.1, -0.05) is 41.4 Å². The summed E-state index contributed by atoms with van der Waals surface area (Å²) in [5, 5.41) is 3.16. The Bertz CT molecular complexity index is 1000. The number of hydrogen-bond acceptors (Lipinski definition) is 5. The first-order chi connectivity index (χ1) is 14.4. The first-order valence-corrected chi connectivity index (χ1v) is 9.87. The summed E-state index contributed by atoms with van der Waals surface area (Å²) in [6.45, 7) is 1.78. The third-order valence-electron chi connectivity index (χ3n) is 4.69. The first-order valence-electron chi connectivity index (χ1n) is 9.49. The summed E-state index contributed by atoms with van der Waals surface area (Å²) in [5.41, 5.74) is 2.42. The highest BCUT2D eigenvalue weighted by Crippen LogP contribution is 2.24. The lowest BCUT2D eigenvalue weighted by atomic mass is 10.1. The normalized spacial score (nSPS) is 12.7. The molecule has 3 rings (SSSR count). The second-order valence-corrected chi connectivity index (χ2v) is 7.35. The van der Waals surface area contributed by atoms with E-state index in [1.54, 1.807) is 36.4 Å². The maximum Gasteiger partial charge on any atom is 0.306 e. The molecule has 0 spiro atoms. The number of ether oxygens (including phenoxy) is 1. The maximum absolute atomic E-state index is 12.4. The van der Waals surface area contributed by atoms with E-state index < -0.39 is 18.5 Å². The Balaban J connectivity index is 1.38. The summed E-state index contributed by atoms with van der Waals surface area (Å²) in [6, 6.07) is 12.2. The minimum absolute atomic E-state index is 0.00970. The van der Waals surface area contributed by atoms with Crippen LogP contribution in [-0.2, 0) is 20.9 Å². The van der Waals surface area contributed by atoms with Crippen molar-refractivity contribution in [3.8, 4) is 0 Å². The number of hydrogen-bond donors (Lipinski definition) is 1. The number of rotatable bonds is 8. The minimum atomic E-state index is -0.574. The molecule has 1 aliphatic rings. The van der Waals surface area contributed by atoms with Gasteiger partial charge in [0.05, 0.1) is 11.1 Å². The molecule has 156 valence electrons.